The highest BCUT2D eigenvalue weighted by molar-refractivity contribution is 7.80. The molecule has 0 bridgehead atoms. The number of hydrogen-bond acceptors (Lipinski definition) is 4. The lowest BCUT2D eigenvalue weighted by Gasteiger charge is -2.38. The van der Waals surface area contributed by atoms with E-state index in [-0.39, 0.29) is 5.41 Å². The smallest absolute Gasteiger partial charge is 0.170 e. The second-order valence-corrected chi connectivity index (χ2v) is 8.07. The molecule has 28 heavy (non-hydrogen) atoms. The summed E-state index contributed by atoms with van der Waals surface area (Å²) in [7, 11) is 0. The van der Waals surface area contributed by atoms with Crippen LogP contribution in [0.5, 0.6) is 0 Å². The Hall–Kier alpha value is -2.18. The van der Waals surface area contributed by atoms with Crippen molar-refractivity contribution in [3.63, 3.8) is 0 Å². The van der Waals surface area contributed by atoms with Gasteiger partial charge in [0, 0.05) is 38.3 Å². The quantitative estimate of drug-likeness (QED) is 0.752. The van der Waals surface area contributed by atoms with Gasteiger partial charge in [0.25, 0.3) is 0 Å². The maximum atomic E-state index is 5.61. The molecule has 148 valence electrons. The van der Waals surface area contributed by atoms with Crippen LogP contribution in [0.25, 0.3) is 0 Å². The zero-order chi connectivity index (χ0) is 19.2. The summed E-state index contributed by atoms with van der Waals surface area (Å²) in [5.41, 5.74) is 2.33. The first-order chi connectivity index (χ1) is 13.8. The molecule has 3 heterocycles. The van der Waals surface area contributed by atoms with Gasteiger partial charge in [-0.2, -0.15) is 0 Å². The summed E-state index contributed by atoms with van der Waals surface area (Å²) in [6, 6.07) is 14.8. The maximum Gasteiger partial charge on any atom is 0.170 e. The molecule has 1 aromatic carbocycles. The average molecular weight is 397 g/mol. The van der Waals surface area contributed by atoms with Crippen LogP contribution < -0.4 is 15.5 Å². The van der Waals surface area contributed by atoms with Crippen molar-refractivity contribution < 1.29 is 4.74 Å². The molecule has 6 heteroatoms. The summed E-state index contributed by atoms with van der Waals surface area (Å²) in [6.45, 7) is 4.58. The summed E-state index contributed by atoms with van der Waals surface area (Å²) in [6.07, 6.45) is 6.37. The van der Waals surface area contributed by atoms with Gasteiger partial charge in [0.05, 0.1) is 11.9 Å². The van der Waals surface area contributed by atoms with E-state index in [1.807, 2.05) is 6.20 Å². The fourth-order valence-corrected chi connectivity index (χ4v) is 4.33. The lowest BCUT2D eigenvalue weighted by atomic mass is 9.74. The lowest BCUT2D eigenvalue weighted by molar-refractivity contribution is 0.0515. The Morgan fingerprint density at radius 2 is 1.82 bits per heavy atom. The van der Waals surface area contributed by atoms with Crippen molar-refractivity contribution >= 4 is 28.8 Å². The van der Waals surface area contributed by atoms with Crippen LogP contribution in [0.1, 0.15) is 31.2 Å². The molecule has 5 nitrogen and oxygen atoms in total. The maximum absolute atomic E-state index is 5.61. The van der Waals surface area contributed by atoms with E-state index in [0.717, 1.165) is 57.2 Å². The van der Waals surface area contributed by atoms with Crippen LogP contribution >= 0.6 is 12.2 Å². The topological polar surface area (TPSA) is 49.4 Å². The van der Waals surface area contributed by atoms with Crippen molar-refractivity contribution in [1.29, 1.82) is 0 Å². The molecule has 0 amide bonds. The Morgan fingerprint density at radius 3 is 2.50 bits per heavy atom. The fourth-order valence-electron chi connectivity index (χ4n) is 4.14. The summed E-state index contributed by atoms with van der Waals surface area (Å²) >= 11 is 5.55. The van der Waals surface area contributed by atoms with Crippen LogP contribution in [0.4, 0.5) is 11.5 Å². The number of benzene rings is 1. The number of rotatable bonds is 5. The Labute approximate surface area is 172 Å². The monoisotopic (exact) mass is 396 g/mol. The van der Waals surface area contributed by atoms with Crippen molar-refractivity contribution in [2.45, 2.75) is 31.1 Å². The average Bonchev–Trinajstić information content (AvgIpc) is 3.29. The van der Waals surface area contributed by atoms with Crippen LogP contribution in [0, 0.1) is 0 Å². The van der Waals surface area contributed by atoms with Gasteiger partial charge in [-0.1, -0.05) is 30.3 Å². The number of nitrogens with one attached hydrogen (secondary N) is 2. The summed E-state index contributed by atoms with van der Waals surface area (Å²) in [4.78, 5) is 6.91. The first kappa shape index (κ1) is 19.2. The molecule has 2 aliphatic heterocycles. The van der Waals surface area contributed by atoms with Gasteiger partial charge in [-0.05, 0) is 55.6 Å². The Balaban J connectivity index is 1.36. The number of anilines is 2. The highest BCUT2D eigenvalue weighted by Gasteiger charge is 2.34. The van der Waals surface area contributed by atoms with Crippen molar-refractivity contribution in [2.75, 3.05) is 43.1 Å². The molecular weight excluding hydrogens is 368 g/mol. The van der Waals surface area contributed by atoms with Gasteiger partial charge in [-0.15, -0.1) is 0 Å². The van der Waals surface area contributed by atoms with Gasteiger partial charge in [0.2, 0.25) is 0 Å². The summed E-state index contributed by atoms with van der Waals surface area (Å²) in [5, 5.41) is 7.35. The molecule has 0 unspecified atom stereocenters. The van der Waals surface area contributed by atoms with E-state index in [2.05, 4.69) is 63.0 Å². The molecule has 4 rings (SSSR count). The molecule has 2 saturated heterocycles. The van der Waals surface area contributed by atoms with Crippen LogP contribution in [-0.4, -0.2) is 42.9 Å². The molecular formula is C22H28N4OS. The minimum atomic E-state index is 0.0586. The zero-order valence-corrected chi connectivity index (χ0v) is 17.0. The first-order valence-corrected chi connectivity index (χ1v) is 10.6. The van der Waals surface area contributed by atoms with E-state index in [0.29, 0.717) is 5.11 Å². The number of ether oxygens (including phenoxy) is 1. The minimum absolute atomic E-state index is 0.0586. The van der Waals surface area contributed by atoms with Crippen LogP contribution in [0.3, 0.4) is 0 Å². The number of thiocarbonyl (C=S) groups is 1. The molecule has 0 spiro atoms. The summed E-state index contributed by atoms with van der Waals surface area (Å²) in [5.74, 6) is 1.05. The minimum Gasteiger partial charge on any atom is -0.381 e. The highest BCUT2D eigenvalue weighted by atomic mass is 32.1. The van der Waals surface area contributed by atoms with Gasteiger partial charge >= 0.3 is 0 Å². The van der Waals surface area contributed by atoms with Crippen molar-refractivity contribution in [1.82, 2.24) is 10.3 Å². The molecule has 1 aromatic heterocycles. The van der Waals surface area contributed by atoms with E-state index >= 15 is 0 Å². The van der Waals surface area contributed by atoms with Crippen molar-refractivity contribution in [2.24, 2.45) is 0 Å². The third kappa shape index (κ3) is 4.45. The molecule has 2 aliphatic rings. The number of pyridine rings is 1. The molecule has 0 atom stereocenters. The van der Waals surface area contributed by atoms with Crippen LogP contribution in [0.2, 0.25) is 0 Å². The van der Waals surface area contributed by atoms with Gasteiger partial charge < -0.3 is 20.3 Å². The molecule has 0 radical (unpaired) electrons. The largest absolute Gasteiger partial charge is 0.381 e. The number of nitrogens with zero attached hydrogens (tertiary/aromatic N) is 2. The second kappa shape index (κ2) is 8.88. The SMILES string of the molecule is S=C(NCC1(c2ccccc2)CCOCC1)Nc1ccc(N2CCCC2)nc1. The number of hydrogen-bond donors (Lipinski definition) is 2. The van der Waals surface area contributed by atoms with Crippen molar-refractivity contribution in [3.8, 4) is 0 Å². The van der Waals surface area contributed by atoms with E-state index in [1.54, 1.807) is 0 Å². The van der Waals surface area contributed by atoms with Gasteiger partial charge in [0.1, 0.15) is 5.82 Å². The molecule has 0 aliphatic carbocycles. The van der Waals surface area contributed by atoms with Gasteiger partial charge in [0.15, 0.2) is 5.11 Å². The molecule has 2 fully saturated rings. The zero-order valence-electron chi connectivity index (χ0n) is 16.2. The third-order valence-electron chi connectivity index (χ3n) is 5.86. The van der Waals surface area contributed by atoms with Gasteiger partial charge in [-0.25, -0.2) is 4.98 Å². The van der Waals surface area contributed by atoms with Crippen LogP contribution in [-0.2, 0) is 10.2 Å². The Kier molecular flexibility index (Phi) is 6.07. The molecule has 0 saturated carbocycles. The normalized spacial score (nSPS) is 18.6. The highest BCUT2D eigenvalue weighted by Crippen LogP contribution is 2.34. The van der Waals surface area contributed by atoms with Gasteiger partial charge in [-0.3, -0.25) is 0 Å². The van der Waals surface area contributed by atoms with Crippen molar-refractivity contribution in [3.05, 3.63) is 54.2 Å². The second-order valence-electron chi connectivity index (χ2n) is 7.67. The Bertz CT molecular complexity index is 769. The lowest BCUT2D eigenvalue weighted by Crippen LogP contribution is -2.45. The van der Waals surface area contributed by atoms with Crippen LogP contribution in [0.15, 0.2) is 48.7 Å². The standard InChI is InChI=1S/C22H28N4OS/c28-21(25-19-8-9-20(23-16-19)26-12-4-5-13-26)24-17-22(10-14-27-15-11-22)18-6-2-1-3-7-18/h1-3,6-9,16H,4-5,10-15,17H2,(H2,24,25,28). The van der Waals surface area contributed by atoms with E-state index < -0.39 is 0 Å². The molecule has 2 N–H and O–H groups in total. The predicted octanol–water partition coefficient (Wildman–Crippen LogP) is 3.72. The summed E-state index contributed by atoms with van der Waals surface area (Å²) < 4.78 is 5.61. The molecule has 2 aromatic rings. The van der Waals surface area contributed by atoms with E-state index in [9.17, 15) is 0 Å². The third-order valence-corrected chi connectivity index (χ3v) is 6.11. The predicted molar refractivity (Wildman–Crippen MR) is 118 cm³/mol. The van der Waals surface area contributed by atoms with E-state index in [1.165, 1.54) is 18.4 Å². The first-order valence-electron chi connectivity index (χ1n) is 10.1. The number of aromatic nitrogens is 1. The Morgan fingerprint density at radius 1 is 1.07 bits per heavy atom. The van der Waals surface area contributed by atoms with E-state index in [4.69, 9.17) is 17.0 Å². The fraction of sp³-hybridized carbons (Fsp3) is 0.455.